The highest BCUT2D eigenvalue weighted by Crippen LogP contribution is 2.41. The lowest BCUT2D eigenvalue weighted by atomic mass is 9.87. The van der Waals surface area contributed by atoms with E-state index in [0.717, 1.165) is 6.42 Å². The smallest absolute Gasteiger partial charge is 0.214 e. The Morgan fingerprint density at radius 3 is 2.54 bits per heavy atom. The van der Waals surface area contributed by atoms with Crippen LogP contribution in [0, 0.1) is 12.3 Å². The van der Waals surface area contributed by atoms with Crippen molar-refractivity contribution in [3.05, 3.63) is 53.9 Å². The average molecular weight is 388 g/mol. The summed E-state index contributed by atoms with van der Waals surface area (Å²) >= 11 is 1.94. The molecule has 2 aromatic carbocycles. The van der Waals surface area contributed by atoms with Gasteiger partial charge in [-0.3, -0.25) is 0 Å². The molecule has 0 saturated carbocycles. The SMILES string of the molecule is Cc1c2cc[n+](C)c2cc2sc3cc(CC(C)(C)C)cc4ccn(C)c(c12)c43. The van der Waals surface area contributed by atoms with Gasteiger partial charge in [0.25, 0.3) is 0 Å². The predicted octanol–water partition coefficient (Wildman–Crippen LogP) is 6.42. The molecule has 0 bridgehead atoms. The lowest BCUT2D eigenvalue weighted by Gasteiger charge is -2.20. The van der Waals surface area contributed by atoms with Crippen LogP contribution in [0.1, 0.15) is 31.9 Å². The number of aryl methyl sites for hydroxylation is 3. The number of hydrogen-bond acceptors (Lipinski definition) is 1. The van der Waals surface area contributed by atoms with Crippen LogP contribution in [0.15, 0.2) is 42.7 Å². The Hall–Kier alpha value is -2.39. The van der Waals surface area contributed by atoms with Crippen molar-refractivity contribution in [2.75, 3.05) is 0 Å². The van der Waals surface area contributed by atoms with Crippen molar-refractivity contribution in [1.82, 2.24) is 4.57 Å². The van der Waals surface area contributed by atoms with Crippen molar-refractivity contribution in [2.24, 2.45) is 19.5 Å². The number of nitrogens with zero attached hydrogens (tertiary/aromatic N) is 2. The number of benzene rings is 2. The zero-order chi connectivity index (χ0) is 19.8. The minimum Gasteiger partial charge on any atom is -0.350 e. The Labute approximate surface area is 170 Å². The molecule has 0 atom stereocenters. The van der Waals surface area contributed by atoms with E-state index in [1.54, 1.807) is 0 Å². The normalized spacial score (nSPS) is 12.8. The first-order chi connectivity index (χ1) is 13.2. The molecule has 0 spiro atoms. The lowest BCUT2D eigenvalue weighted by molar-refractivity contribution is -0.642. The fraction of sp³-hybridized carbons (Fsp3) is 0.320. The molecule has 0 amide bonds. The molecule has 0 saturated heterocycles. The molecule has 0 aliphatic heterocycles. The van der Waals surface area contributed by atoms with Gasteiger partial charge in [-0.05, 0) is 47.4 Å². The quantitative estimate of drug-likeness (QED) is 0.178. The molecule has 0 aliphatic carbocycles. The zero-order valence-electron chi connectivity index (χ0n) is 17.6. The standard InChI is InChI=1S/C25H27N2S/c1-15-18-8-10-26(5)19(18)13-21-22(15)24-23-17(7-9-27(24)6)11-16(12-20(23)28-21)14-25(2,3)4/h7-13H,14H2,1-6H3/q+1. The molecule has 0 fully saturated rings. The maximum Gasteiger partial charge on any atom is 0.214 e. The van der Waals surface area contributed by atoms with Crippen LogP contribution in [-0.4, -0.2) is 4.57 Å². The Kier molecular flexibility index (Phi) is 3.67. The summed E-state index contributed by atoms with van der Waals surface area (Å²) in [7, 11) is 4.31. The summed E-state index contributed by atoms with van der Waals surface area (Å²) in [6, 6.07) is 11.7. The summed E-state index contributed by atoms with van der Waals surface area (Å²) in [5, 5.41) is 5.51. The van der Waals surface area contributed by atoms with Gasteiger partial charge in [-0.2, -0.15) is 0 Å². The molecule has 2 nitrogen and oxygen atoms in total. The fourth-order valence-corrected chi connectivity index (χ4v) is 5.95. The molecule has 3 heteroatoms. The van der Waals surface area contributed by atoms with E-state index >= 15 is 0 Å². The van der Waals surface area contributed by atoms with E-state index in [-0.39, 0.29) is 5.41 Å². The van der Waals surface area contributed by atoms with Gasteiger partial charge in [-0.25, -0.2) is 4.57 Å². The molecule has 142 valence electrons. The van der Waals surface area contributed by atoms with Crippen molar-refractivity contribution in [2.45, 2.75) is 34.1 Å². The van der Waals surface area contributed by atoms with Gasteiger partial charge < -0.3 is 4.57 Å². The first kappa shape index (κ1) is 17.7. The molecule has 0 N–H and O–H groups in total. The van der Waals surface area contributed by atoms with Gasteiger partial charge >= 0.3 is 0 Å². The lowest BCUT2D eigenvalue weighted by Crippen LogP contribution is -2.24. The highest BCUT2D eigenvalue weighted by Gasteiger charge is 2.19. The van der Waals surface area contributed by atoms with Gasteiger partial charge in [0.2, 0.25) is 5.52 Å². The average Bonchev–Trinajstić information content (AvgIpc) is 2.97. The molecular weight excluding hydrogens is 360 g/mol. The van der Waals surface area contributed by atoms with Crippen LogP contribution < -0.4 is 4.57 Å². The summed E-state index contributed by atoms with van der Waals surface area (Å²) in [4.78, 5) is 0. The molecule has 5 rings (SSSR count). The van der Waals surface area contributed by atoms with E-state index in [9.17, 15) is 0 Å². The predicted molar refractivity (Wildman–Crippen MR) is 122 cm³/mol. The van der Waals surface area contributed by atoms with Gasteiger partial charge in [0.05, 0.1) is 10.9 Å². The Morgan fingerprint density at radius 1 is 1.04 bits per heavy atom. The van der Waals surface area contributed by atoms with E-state index in [0.29, 0.717) is 0 Å². The molecule has 0 radical (unpaired) electrons. The number of hydrogen-bond donors (Lipinski definition) is 0. The van der Waals surface area contributed by atoms with Crippen molar-refractivity contribution in [3.8, 4) is 0 Å². The van der Waals surface area contributed by atoms with Gasteiger partial charge in [0.1, 0.15) is 7.05 Å². The van der Waals surface area contributed by atoms with Crippen LogP contribution in [0.4, 0.5) is 0 Å². The van der Waals surface area contributed by atoms with E-state index in [1.165, 1.54) is 53.1 Å². The van der Waals surface area contributed by atoms with Crippen LogP contribution in [0.5, 0.6) is 0 Å². The van der Waals surface area contributed by atoms with Crippen LogP contribution in [0.2, 0.25) is 0 Å². The Morgan fingerprint density at radius 2 is 1.79 bits per heavy atom. The number of fused-ring (bicyclic) bond motifs is 3. The van der Waals surface area contributed by atoms with Crippen LogP contribution in [0.3, 0.4) is 0 Å². The third kappa shape index (κ3) is 2.56. The largest absolute Gasteiger partial charge is 0.350 e. The highest BCUT2D eigenvalue weighted by atomic mass is 32.1. The molecule has 3 aromatic heterocycles. The maximum absolute atomic E-state index is 2.43. The van der Waals surface area contributed by atoms with Crippen molar-refractivity contribution < 1.29 is 4.57 Å². The highest BCUT2D eigenvalue weighted by molar-refractivity contribution is 7.25. The summed E-state index contributed by atoms with van der Waals surface area (Å²) in [6.45, 7) is 9.23. The topological polar surface area (TPSA) is 8.81 Å². The van der Waals surface area contributed by atoms with Crippen LogP contribution in [-0.2, 0) is 20.5 Å². The van der Waals surface area contributed by atoms with Crippen molar-refractivity contribution in [1.29, 1.82) is 0 Å². The summed E-state index contributed by atoms with van der Waals surface area (Å²) in [6.07, 6.45) is 5.48. The summed E-state index contributed by atoms with van der Waals surface area (Å²) in [5.41, 5.74) is 5.77. The minimum atomic E-state index is 0.283. The van der Waals surface area contributed by atoms with Crippen LogP contribution >= 0.6 is 11.3 Å². The van der Waals surface area contributed by atoms with E-state index in [2.05, 4.69) is 93.7 Å². The molecule has 5 aromatic rings. The first-order valence-corrected chi connectivity index (χ1v) is 10.8. The third-order valence-corrected chi connectivity index (χ3v) is 6.95. The second kappa shape index (κ2) is 5.81. The number of pyridine rings is 1. The van der Waals surface area contributed by atoms with E-state index in [1.807, 2.05) is 11.3 Å². The molecule has 0 aliphatic rings. The monoisotopic (exact) mass is 387 g/mol. The maximum atomic E-state index is 2.43. The number of aromatic nitrogens is 2. The Balaban J connectivity index is 1.98. The van der Waals surface area contributed by atoms with Crippen molar-refractivity contribution in [3.63, 3.8) is 0 Å². The number of rotatable bonds is 1. The molecule has 3 heterocycles. The fourth-order valence-electron chi connectivity index (χ4n) is 4.67. The first-order valence-electron chi connectivity index (χ1n) is 9.95. The van der Waals surface area contributed by atoms with Crippen molar-refractivity contribution >= 4 is 53.3 Å². The Bertz CT molecular complexity index is 1390. The summed E-state index contributed by atoms with van der Waals surface area (Å²) < 4.78 is 7.30. The van der Waals surface area contributed by atoms with E-state index in [4.69, 9.17) is 0 Å². The van der Waals surface area contributed by atoms with Gasteiger partial charge in [-0.1, -0.05) is 26.8 Å². The summed E-state index contributed by atoms with van der Waals surface area (Å²) in [5.74, 6) is 0. The molecule has 0 unspecified atom stereocenters. The second-order valence-corrected chi connectivity index (χ2v) is 10.5. The van der Waals surface area contributed by atoms with E-state index < -0.39 is 0 Å². The second-order valence-electron chi connectivity index (χ2n) is 9.41. The third-order valence-electron chi connectivity index (χ3n) is 5.86. The van der Waals surface area contributed by atoms with Gasteiger partial charge in [0.15, 0.2) is 6.20 Å². The van der Waals surface area contributed by atoms with Crippen LogP contribution in [0.25, 0.3) is 42.0 Å². The minimum absolute atomic E-state index is 0.283. The molecule has 28 heavy (non-hydrogen) atoms. The molecular formula is C25H27N2S+. The van der Waals surface area contributed by atoms with Gasteiger partial charge in [-0.15, -0.1) is 11.3 Å². The zero-order valence-corrected chi connectivity index (χ0v) is 18.4. The van der Waals surface area contributed by atoms with Gasteiger partial charge in [0, 0.05) is 45.5 Å².